The number of sulfone groups is 1. The first-order chi connectivity index (χ1) is 22.6. The highest BCUT2D eigenvalue weighted by Gasteiger charge is 2.55. The fraction of sp³-hybridized carbons (Fsp3) is 0.472. The molecule has 2 aliphatic heterocycles. The number of hydrogen-bond donors (Lipinski definition) is 2. The average Bonchev–Trinajstić information content (AvgIpc) is 3.43. The molecule has 8 nitrogen and oxygen atoms in total. The largest absolute Gasteiger partial charge is 0.493 e. The third-order valence-electron chi connectivity index (χ3n) is 9.09. The number of ether oxygens (including phenoxy) is 1. The van der Waals surface area contributed by atoms with Gasteiger partial charge in [0.25, 0.3) is 5.91 Å². The molecule has 3 aromatic carbocycles. The summed E-state index contributed by atoms with van der Waals surface area (Å²) < 4.78 is 29.7. The van der Waals surface area contributed by atoms with E-state index in [-0.39, 0.29) is 41.6 Å². The Hall–Kier alpha value is -2.08. The van der Waals surface area contributed by atoms with E-state index in [2.05, 4.69) is 36.3 Å². The Morgan fingerprint density at radius 1 is 0.898 bits per heavy atom. The third-order valence-corrected chi connectivity index (χ3v) is 10.9. The molecule has 268 valence electrons. The van der Waals surface area contributed by atoms with Crippen LogP contribution in [0.5, 0.6) is 5.75 Å². The Morgan fingerprint density at radius 2 is 1.41 bits per heavy atom. The number of halogens is 4. The zero-order chi connectivity index (χ0) is 34.9. The summed E-state index contributed by atoms with van der Waals surface area (Å²) in [5.74, 6) is 0.577. The summed E-state index contributed by atoms with van der Waals surface area (Å²) in [5.41, 5.74) is 1.75. The van der Waals surface area contributed by atoms with Gasteiger partial charge in [0, 0.05) is 53.1 Å². The predicted molar refractivity (Wildman–Crippen MR) is 202 cm³/mol. The van der Waals surface area contributed by atoms with Crippen LogP contribution < -0.4 is 15.4 Å². The van der Waals surface area contributed by atoms with Crippen LogP contribution in [-0.4, -0.2) is 75.5 Å². The minimum atomic E-state index is -3.03. The Morgan fingerprint density at radius 3 is 1.86 bits per heavy atom. The number of carbonyl (C=O) groups is 1. The molecular weight excluding hydrogens is 726 g/mol. The lowest BCUT2D eigenvalue weighted by Crippen LogP contribution is -2.62. The molecule has 2 saturated heterocycles. The second-order valence-corrected chi connectivity index (χ2v) is 17.3. The average molecular weight is 773 g/mol. The minimum Gasteiger partial charge on any atom is -0.493 e. The van der Waals surface area contributed by atoms with Crippen molar-refractivity contribution in [2.24, 2.45) is 0 Å². The summed E-state index contributed by atoms with van der Waals surface area (Å²) in [5, 5.41) is 9.31. The first-order valence-corrected chi connectivity index (χ1v) is 19.5. The first-order valence-electron chi connectivity index (χ1n) is 16.3. The zero-order valence-electron chi connectivity index (χ0n) is 28.6. The van der Waals surface area contributed by atoms with Gasteiger partial charge in [-0.05, 0) is 78.4 Å². The van der Waals surface area contributed by atoms with Gasteiger partial charge in [-0.2, -0.15) is 0 Å². The highest BCUT2D eigenvalue weighted by molar-refractivity contribution is 7.90. The Labute approximate surface area is 312 Å². The van der Waals surface area contributed by atoms with Gasteiger partial charge in [0.05, 0.1) is 24.4 Å². The fourth-order valence-corrected chi connectivity index (χ4v) is 7.97. The van der Waals surface area contributed by atoms with Crippen LogP contribution in [-0.2, 0) is 25.7 Å². The third kappa shape index (κ3) is 9.24. The predicted octanol–water partition coefficient (Wildman–Crippen LogP) is 7.17. The molecule has 0 radical (unpaired) electrons. The van der Waals surface area contributed by atoms with Crippen molar-refractivity contribution in [1.29, 1.82) is 0 Å². The van der Waals surface area contributed by atoms with E-state index in [0.717, 1.165) is 16.7 Å². The maximum atomic E-state index is 15.1. The molecule has 5 rings (SSSR count). The first kappa shape index (κ1) is 39.7. The van der Waals surface area contributed by atoms with Crippen molar-refractivity contribution < 1.29 is 17.9 Å². The molecule has 2 fully saturated rings. The molecule has 0 aromatic heterocycles. The number of carbonyl (C=O) groups excluding carboxylic acids is 1. The summed E-state index contributed by atoms with van der Waals surface area (Å²) in [6, 6.07) is 18.4. The second-order valence-electron chi connectivity index (χ2n) is 13.7. The smallest absolute Gasteiger partial charge is 0.262 e. The van der Waals surface area contributed by atoms with E-state index in [1.165, 1.54) is 6.26 Å². The van der Waals surface area contributed by atoms with E-state index >= 15 is 4.79 Å². The van der Waals surface area contributed by atoms with Gasteiger partial charge < -0.3 is 9.64 Å². The van der Waals surface area contributed by atoms with Crippen LogP contribution in [0, 0.1) is 0 Å². The minimum absolute atomic E-state index is 0. The van der Waals surface area contributed by atoms with E-state index in [1.54, 1.807) is 0 Å². The number of rotatable bonds is 10. The van der Waals surface area contributed by atoms with Gasteiger partial charge in [0.2, 0.25) is 0 Å². The van der Waals surface area contributed by atoms with Gasteiger partial charge in [-0.15, -0.1) is 12.4 Å². The van der Waals surface area contributed by atoms with Crippen molar-refractivity contribution in [2.45, 2.75) is 57.3 Å². The number of benzene rings is 3. The standard InChI is InChI=1S/C36H45Cl3N4O4S.ClH/c1-6-47-31-23-28(35(2,3)4)30(39)22-29(31)36(34(44)43-19-17-42(18-20-43)16-7-21-48(5,45)46)40-32(24-8-12-26(37)13-9-24)33(41-36)25-10-14-27(38)15-11-25;/h8-15,22-23,32-33,40-41H,6-7,16-21H2,1-5H3;1H/t32-,33+,36?;. The van der Waals surface area contributed by atoms with Gasteiger partial charge in [-0.25, -0.2) is 8.42 Å². The summed E-state index contributed by atoms with van der Waals surface area (Å²) >= 11 is 19.7. The molecule has 13 heteroatoms. The number of hydrogen-bond acceptors (Lipinski definition) is 7. The van der Waals surface area contributed by atoms with Crippen molar-refractivity contribution in [3.8, 4) is 5.75 Å². The lowest BCUT2D eigenvalue weighted by Gasteiger charge is -2.41. The normalized spacial score (nSPS) is 21.8. The second kappa shape index (κ2) is 16.1. The zero-order valence-corrected chi connectivity index (χ0v) is 32.5. The number of amides is 1. The molecule has 1 unspecified atom stereocenters. The van der Waals surface area contributed by atoms with Crippen LogP contribution >= 0.6 is 47.2 Å². The Balaban J connectivity index is 0.00000541. The number of piperazine rings is 1. The molecule has 2 heterocycles. The van der Waals surface area contributed by atoms with Gasteiger partial charge in [0.1, 0.15) is 15.6 Å². The summed E-state index contributed by atoms with van der Waals surface area (Å²) in [7, 11) is -3.03. The number of nitrogens with zero attached hydrogens (tertiary/aromatic N) is 2. The number of nitrogens with one attached hydrogen (secondary N) is 2. The Bertz CT molecular complexity index is 1650. The summed E-state index contributed by atoms with van der Waals surface area (Å²) in [4.78, 5) is 19.2. The lowest BCUT2D eigenvalue weighted by molar-refractivity contribution is -0.141. The van der Waals surface area contributed by atoms with Gasteiger partial charge in [0.15, 0.2) is 5.66 Å². The topological polar surface area (TPSA) is 91.0 Å². The van der Waals surface area contributed by atoms with Crippen molar-refractivity contribution in [3.05, 3.63) is 98.0 Å². The summed E-state index contributed by atoms with van der Waals surface area (Å²) in [6.07, 6.45) is 1.82. The maximum absolute atomic E-state index is 15.1. The van der Waals surface area contributed by atoms with Crippen LogP contribution in [0.4, 0.5) is 0 Å². The van der Waals surface area contributed by atoms with Gasteiger partial charge in [-0.1, -0.05) is 79.8 Å². The van der Waals surface area contributed by atoms with Gasteiger partial charge >= 0.3 is 0 Å². The van der Waals surface area contributed by atoms with Crippen LogP contribution in [0.2, 0.25) is 15.1 Å². The monoisotopic (exact) mass is 770 g/mol. The molecular formula is C36H46Cl4N4O4S. The van der Waals surface area contributed by atoms with Crippen molar-refractivity contribution in [2.75, 3.05) is 51.3 Å². The van der Waals surface area contributed by atoms with Crippen molar-refractivity contribution in [3.63, 3.8) is 0 Å². The Kier molecular flexibility index (Phi) is 13.0. The molecule has 0 bridgehead atoms. The molecule has 3 atom stereocenters. The van der Waals surface area contributed by atoms with Crippen LogP contribution in [0.25, 0.3) is 0 Å². The fourth-order valence-electron chi connectivity index (χ4n) is 6.62. The molecule has 0 spiro atoms. The van der Waals surface area contributed by atoms with Crippen LogP contribution in [0.3, 0.4) is 0 Å². The molecule has 0 aliphatic carbocycles. The quantitative estimate of drug-likeness (QED) is 0.226. The van der Waals surface area contributed by atoms with E-state index in [1.807, 2.05) is 72.5 Å². The van der Waals surface area contributed by atoms with E-state index in [9.17, 15) is 8.42 Å². The molecule has 2 N–H and O–H groups in total. The highest BCUT2D eigenvalue weighted by atomic mass is 35.5. The van der Waals surface area contributed by atoms with Crippen LogP contribution in [0.15, 0.2) is 60.7 Å². The maximum Gasteiger partial charge on any atom is 0.262 e. The molecule has 0 saturated carbocycles. The van der Waals surface area contributed by atoms with E-state index in [0.29, 0.717) is 72.1 Å². The lowest BCUT2D eigenvalue weighted by atomic mass is 9.84. The SMILES string of the molecule is CCOc1cc(C(C)(C)C)c(Cl)cc1C1(C(=O)N2CCN(CCCS(C)(=O)=O)CC2)N[C@H](c2ccc(Cl)cc2)[C@H](c2ccc(Cl)cc2)N1.Cl. The van der Waals surface area contributed by atoms with Crippen molar-refractivity contribution >= 4 is 63.0 Å². The molecule has 49 heavy (non-hydrogen) atoms. The van der Waals surface area contributed by atoms with Crippen molar-refractivity contribution in [1.82, 2.24) is 20.4 Å². The molecule has 3 aromatic rings. The molecule has 1 amide bonds. The van der Waals surface area contributed by atoms with E-state index < -0.39 is 15.5 Å². The van der Waals surface area contributed by atoms with Crippen LogP contribution in [0.1, 0.15) is 68.5 Å². The highest BCUT2D eigenvalue weighted by Crippen LogP contribution is 2.47. The molecule has 2 aliphatic rings. The summed E-state index contributed by atoms with van der Waals surface area (Å²) in [6.45, 7) is 11.5. The van der Waals surface area contributed by atoms with Gasteiger partial charge in [-0.3, -0.25) is 20.3 Å². The van der Waals surface area contributed by atoms with E-state index in [4.69, 9.17) is 39.5 Å².